The fraction of sp³-hybridized carbons (Fsp3) is 0.417. The molecule has 0 atom stereocenters. The molecule has 0 bridgehead atoms. The van der Waals surface area contributed by atoms with Gasteiger partial charge in [0, 0.05) is 5.56 Å². The zero-order valence-electron chi connectivity index (χ0n) is 10.5. The second kappa shape index (κ2) is 7.74. The summed E-state index contributed by atoms with van der Waals surface area (Å²) < 4.78 is 22.3. The molecule has 1 aromatic rings. The molecule has 1 rings (SSSR count). The smallest absolute Gasteiger partial charge is 0.301 e. The molecule has 0 saturated heterocycles. The largest absolute Gasteiger partial charge is 0.389 e. The van der Waals surface area contributed by atoms with E-state index in [0.29, 0.717) is 18.8 Å². The number of ketones is 1. The van der Waals surface area contributed by atoms with E-state index in [1.54, 1.807) is 38.1 Å². The van der Waals surface area contributed by atoms with Gasteiger partial charge in [-0.05, 0) is 25.2 Å². The van der Waals surface area contributed by atoms with Crippen molar-refractivity contribution < 1.29 is 18.4 Å². The molecule has 6 heteroatoms. The van der Waals surface area contributed by atoms with Crippen molar-refractivity contribution >= 4 is 24.0 Å². The van der Waals surface area contributed by atoms with Crippen LogP contribution < -0.4 is 0 Å². The van der Waals surface area contributed by atoms with Gasteiger partial charge < -0.3 is 9.05 Å². The Morgan fingerprint density at radius 2 is 1.72 bits per heavy atom. The van der Waals surface area contributed by atoms with Gasteiger partial charge in [-0.3, -0.25) is 4.79 Å². The predicted molar refractivity (Wildman–Crippen MR) is 74.1 cm³/mol. The standard InChI is InChI=1S/C12H17O4PS/c1-3-15-17(14,16-4-2)18-10-12(13)11-8-6-5-7-9-11/h5-9H,3-4,10H2,1-2H3. The lowest BCUT2D eigenvalue weighted by Gasteiger charge is -2.15. The molecule has 0 fully saturated rings. The van der Waals surface area contributed by atoms with Crippen LogP contribution in [0.2, 0.25) is 0 Å². The molecule has 0 radical (unpaired) electrons. The Kier molecular flexibility index (Phi) is 6.65. The van der Waals surface area contributed by atoms with Crippen molar-refractivity contribution in [3.63, 3.8) is 0 Å². The van der Waals surface area contributed by atoms with Crippen molar-refractivity contribution in [2.24, 2.45) is 0 Å². The number of hydrogen-bond acceptors (Lipinski definition) is 5. The number of hydrogen-bond donors (Lipinski definition) is 0. The molecule has 0 aliphatic rings. The number of carbonyl (C=O) groups is 1. The molecule has 0 saturated carbocycles. The lowest BCUT2D eigenvalue weighted by molar-refractivity contribution is 0.102. The quantitative estimate of drug-likeness (QED) is 0.538. The van der Waals surface area contributed by atoms with Crippen LogP contribution >= 0.6 is 18.2 Å². The van der Waals surface area contributed by atoms with Gasteiger partial charge in [-0.15, -0.1) is 0 Å². The second-order valence-electron chi connectivity index (χ2n) is 3.35. The lowest BCUT2D eigenvalue weighted by Crippen LogP contribution is -2.03. The van der Waals surface area contributed by atoms with Crippen molar-refractivity contribution in [3.05, 3.63) is 35.9 Å². The number of Topliss-reactive ketones (excluding diaryl/α,β-unsaturated/α-hetero) is 1. The first-order valence-corrected chi connectivity index (χ1v) is 8.86. The molecule has 18 heavy (non-hydrogen) atoms. The van der Waals surface area contributed by atoms with Crippen LogP contribution in [0.3, 0.4) is 0 Å². The summed E-state index contributed by atoms with van der Waals surface area (Å²) in [4.78, 5) is 11.8. The Labute approximate surface area is 111 Å². The summed E-state index contributed by atoms with van der Waals surface area (Å²) >= 11 is 0.938. The van der Waals surface area contributed by atoms with Crippen molar-refractivity contribution in [2.45, 2.75) is 13.8 Å². The molecule has 0 aromatic heterocycles. The van der Waals surface area contributed by atoms with E-state index in [0.717, 1.165) is 11.4 Å². The summed E-state index contributed by atoms with van der Waals surface area (Å²) in [7, 11) is 0. The molecule has 1 aromatic carbocycles. The van der Waals surface area contributed by atoms with Crippen molar-refractivity contribution in [2.75, 3.05) is 19.0 Å². The maximum atomic E-state index is 12.1. The fourth-order valence-electron chi connectivity index (χ4n) is 1.27. The third kappa shape index (κ3) is 4.94. The first-order chi connectivity index (χ1) is 8.61. The molecule has 0 amide bonds. The maximum absolute atomic E-state index is 12.1. The summed E-state index contributed by atoms with van der Waals surface area (Å²) in [6, 6.07) is 8.89. The van der Waals surface area contributed by atoms with Crippen LogP contribution in [-0.2, 0) is 13.6 Å². The zero-order valence-corrected chi connectivity index (χ0v) is 12.2. The third-order valence-electron chi connectivity index (χ3n) is 2.02. The van der Waals surface area contributed by atoms with Gasteiger partial charge in [0.2, 0.25) is 0 Å². The minimum absolute atomic E-state index is 0.0831. The van der Waals surface area contributed by atoms with Crippen molar-refractivity contribution in [3.8, 4) is 0 Å². The van der Waals surface area contributed by atoms with Crippen molar-refractivity contribution in [1.82, 2.24) is 0 Å². The highest BCUT2D eigenvalue weighted by molar-refractivity contribution is 8.55. The van der Waals surface area contributed by atoms with Gasteiger partial charge >= 0.3 is 6.80 Å². The first kappa shape index (κ1) is 15.4. The molecule has 100 valence electrons. The Hall–Kier alpha value is -0.610. The fourth-order valence-corrected chi connectivity index (χ4v) is 4.48. The van der Waals surface area contributed by atoms with Gasteiger partial charge in [-0.25, -0.2) is 4.57 Å². The van der Waals surface area contributed by atoms with Crippen LogP contribution in [0, 0.1) is 0 Å². The van der Waals surface area contributed by atoms with Gasteiger partial charge in [-0.1, -0.05) is 30.3 Å². The summed E-state index contributed by atoms with van der Waals surface area (Å²) in [6.45, 7) is 0.876. The van der Waals surface area contributed by atoms with Gasteiger partial charge in [0.1, 0.15) is 0 Å². The van der Waals surface area contributed by atoms with Crippen LogP contribution in [0.4, 0.5) is 0 Å². The van der Waals surface area contributed by atoms with Crippen LogP contribution in [-0.4, -0.2) is 24.7 Å². The lowest BCUT2D eigenvalue weighted by atomic mass is 10.2. The number of benzene rings is 1. The van der Waals surface area contributed by atoms with Crippen LogP contribution in [0.25, 0.3) is 0 Å². The molecule has 0 aliphatic heterocycles. The van der Waals surface area contributed by atoms with Gasteiger partial charge in [0.15, 0.2) is 5.78 Å². The van der Waals surface area contributed by atoms with Gasteiger partial charge in [0.05, 0.1) is 19.0 Å². The number of carbonyl (C=O) groups excluding carboxylic acids is 1. The highest BCUT2D eigenvalue weighted by Crippen LogP contribution is 2.60. The molecule has 0 unspecified atom stereocenters. The highest BCUT2D eigenvalue weighted by atomic mass is 32.7. The van der Waals surface area contributed by atoms with E-state index in [-0.39, 0.29) is 11.5 Å². The summed E-state index contributed by atoms with van der Waals surface area (Å²) in [5, 5.41) is 0. The summed E-state index contributed by atoms with van der Waals surface area (Å²) in [5.74, 6) is 0.00149. The van der Waals surface area contributed by atoms with Crippen LogP contribution in [0.15, 0.2) is 30.3 Å². The van der Waals surface area contributed by atoms with Gasteiger partial charge in [0.25, 0.3) is 0 Å². The summed E-state index contributed by atoms with van der Waals surface area (Å²) in [5.41, 5.74) is 0.601. The van der Waals surface area contributed by atoms with Crippen LogP contribution in [0.5, 0.6) is 0 Å². The van der Waals surface area contributed by atoms with E-state index in [9.17, 15) is 9.36 Å². The molecular weight excluding hydrogens is 271 g/mol. The summed E-state index contributed by atoms with van der Waals surface area (Å²) in [6.07, 6.45) is 0. The first-order valence-electron chi connectivity index (χ1n) is 5.73. The third-order valence-corrected chi connectivity index (χ3v) is 5.85. The highest BCUT2D eigenvalue weighted by Gasteiger charge is 2.25. The topological polar surface area (TPSA) is 52.6 Å². The van der Waals surface area contributed by atoms with E-state index in [1.807, 2.05) is 6.07 Å². The Bertz CT molecular complexity index is 411. The maximum Gasteiger partial charge on any atom is 0.389 e. The molecule has 0 heterocycles. The molecule has 0 aliphatic carbocycles. The normalized spacial score (nSPS) is 11.4. The molecular formula is C12H17O4PS. The average Bonchev–Trinajstić information content (AvgIpc) is 2.38. The predicted octanol–water partition coefficient (Wildman–Crippen LogP) is 3.78. The minimum atomic E-state index is -3.20. The van der Waals surface area contributed by atoms with Crippen LogP contribution in [0.1, 0.15) is 24.2 Å². The zero-order chi connectivity index (χ0) is 13.4. The van der Waals surface area contributed by atoms with E-state index in [4.69, 9.17) is 9.05 Å². The van der Waals surface area contributed by atoms with Crippen molar-refractivity contribution in [1.29, 1.82) is 0 Å². The average molecular weight is 288 g/mol. The number of rotatable bonds is 8. The van der Waals surface area contributed by atoms with Gasteiger partial charge in [-0.2, -0.15) is 0 Å². The molecule has 4 nitrogen and oxygen atoms in total. The van der Waals surface area contributed by atoms with E-state index in [2.05, 4.69) is 0 Å². The van der Waals surface area contributed by atoms with E-state index < -0.39 is 6.80 Å². The second-order valence-corrected chi connectivity index (χ2v) is 7.42. The van der Waals surface area contributed by atoms with E-state index >= 15 is 0 Å². The van der Waals surface area contributed by atoms with E-state index in [1.165, 1.54) is 0 Å². The minimum Gasteiger partial charge on any atom is -0.301 e. The molecule has 0 spiro atoms. The SMILES string of the molecule is CCOP(=O)(OCC)SCC(=O)c1ccccc1. The Morgan fingerprint density at radius 3 is 2.22 bits per heavy atom. The monoisotopic (exact) mass is 288 g/mol. The Morgan fingerprint density at radius 1 is 1.17 bits per heavy atom. The molecule has 0 N–H and O–H groups in total. The Balaban J connectivity index is 2.58.